The zero-order chi connectivity index (χ0) is 26.2. The van der Waals surface area contributed by atoms with E-state index in [9.17, 15) is 13.6 Å². The van der Waals surface area contributed by atoms with E-state index in [1.165, 1.54) is 0 Å². The fourth-order valence-corrected chi connectivity index (χ4v) is 5.29. The standard InChI is InChI=1S/C28H28F2N6O2/c1-16-6-8-36-23(13-32-26(36)10-16)19-2-4-21(27-20(19)11-33-28(27)37)34-25-5-3-18(17-7-9-38-15-17)22(35-25)12-31-14-24(29)30/h2-6,8,10,13,17,24,31H,7,9,11-12,14-15H2,1H3,(H,33,37)(H,34,35). The number of nitrogens with zero attached hydrogens (tertiary/aromatic N) is 3. The molecular weight excluding hydrogens is 490 g/mol. The van der Waals surface area contributed by atoms with Gasteiger partial charge < -0.3 is 20.7 Å². The van der Waals surface area contributed by atoms with Gasteiger partial charge in [-0.25, -0.2) is 18.7 Å². The first-order valence-electron chi connectivity index (χ1n) is 12.7. The van der Waals surface area contributed by atoms with Gasteiger partial charge in [0.05, 0.1) is 42.0 Å². The first-order chi connectivity index (χ1) is 18.5. The topological polar surface area (TPSA) is 92.6 Å². The Balaban J connectivity index is 1.34. The number of halogens is 2. The monoisotopic (exact) mass is 518 g/mol. The van der Waals surface area contributed by atoms with Crippen LogP contribution in [0.2, 0.25) is 0 Å². The van der Waals surface area contributed by atoms with Gasteiger partial charge in [-0.3, -0.25) is 9.20 Å². The molecule has 1 fully saturated rings. The SMILES string of the molecule is Cc1ccn2c(-c3ccc(Nc4ccc(C5CCOC5)c(CNCC(F)F)n4)c4c3CNC4=O)cnc2c1. The molecule has 5 heterocycles. The van der Waals surface area contributed by atoms with Gasteiger partial charge in [-0.1, -0.05) is 12.1 Å². The van der Waals surface area contributed by atoms with Crippen LogP contribution in [0.15, 0.2) is 48.8 Å². The van der Waals surface area contributed by atoms with E-state index in [0.29, 0.717) is 42.5 Å². The average Bonchev–Trinajstić information content (AvgIpc) is 3.65. The maximum absolute atomic E-state index is 12.9. The maximum atomic E-state index is 12.9. The summed E-state index contributed by atoms with van der Waals surface area (Å²) >= 11 is 0. The lowest BCUT2D eigenvalue weighted by Gasteiger charge is -2.17. The number of alkyl halides is 2. The van der Waals surface area contributed by atoms with Crippen LogP contribution in [0.3, 0.4) is 0 Å². The van der Waals surface area contributed by atoms with Crippen LogP contribution in [0, 0.1) is 6.92 Å². The summed E-state index contributed by atoms with van der Waals surface area (Å²) in [6, 6.07) is 11.7. The van der Waals surface area contributed by atoms with Crippen LogP contribution in [0.25, 0.3) is 16.9 Å². The molecule has 0 aliphatic carbocycles. The highest BCUT2D eigenvalue weighted by Gasteiger charge is 2.28. The third kappa shape index (κ3) is 4.61. The van der Waals surface area contributed by atoms with Gasteiger partial charge in [0.25, 0.3) is 12.3 Å². The van der Waals surface area contributed by atoms with E-state index >= 15 is 0 Å². The van der Waals surface area contributed by atoms with Gasteiger partial charge in [0.15, 0.2) is 0 Å². The molecular formula is C28H28F2N6O2. The molecule has 0 radical (unpaired) electrons. The summed E-state index contributed by atoms with van der Waals surface area (Å²) in [6.07, 6.45) is 2.24. The van der Waals surface area contributed by atoms with Crippen molar-refractivity contribution in [1.29, 1.82) is 0 Å². The summed E-state index contributed by atoms with van der Waals surface area (Å²) in [4.78, 5) is 22.2. The normalized spacial score (nSPS) is 16.8. The minimum Gasteiger partial charge on any atom is -0.381 e. The number of carbonyl (C=O) groups excluding carboxylic acids is 1. The Kier molecular flexibility index (Phi) is 6.50. The van der Waals surface area contributed by atoms with Gasteiger partial charge >= 0.3 is 0 Å². The molecule has 3 aromatic heterocycles. The minimum atomic E-state index is -2.44. The summed E-state index contributed by atoms with van der Waals surface area (Å²) in [6.45, 7) is 3.52. The van der Waals surface area contributed by atoms with Crippen molar-refractivity contribution < 1.29 is 18.3 Å². The second-order valence-electron chi connectivity index (χ2n) is 9.71. The van der Waals surface area contributed by atoms with E-state index in [0.717, 1.165) is 40.0 Å². The molecule has 0 spiro atoms. The first kappa shape index (κ1) is 24.4. The van der Waals surface area contributed by atoms with Gasteiger partial charge in [0.1, 0.15) is 11.5 Å². The number of hydrogen-bond acceptors (Lipinski definition) is 6. The number of amides is 1. The molecule has 1 atom stereocenters. The lowest BCUT2D eigenvalue weighted by molar-refractivity contribution is 0.0966. The molecule has 10 heteroatoms. The molecule has 2 aliphatic heterocycles. The molecule has 3 N–H and O–H groups in total. The fourth-order valence-electron chi connectivity index (χ4n) is 5.29. The number of benzene rings is 1. The number of carbonyl (C=O) groups is 1. The number of anilines is 2. The number of aromatic nitrogens is 3. The lowest BCUT2D eigenvalue weighted by Crippen LogP contribution is -2.23. The van der Waals surface area contributed by atoms with E-state index in [1.54, 1.807) is 0 Å². The van der Waals surface area contributed by atoms with Crippen LogP contribution < -0.4 is 16.0 Å². The Morgan fingerprint density at radius 3 is 2.95 bits per heavy atom. The lowest BCUT2D eigenvalue weighted by atomic mass is 9.96. The zero-order valence-electron chi connectivity index (χ0n) is 20.9. The largest absolute Gasteiger partial charge is 0.381 e. The highest BCUT2D eigenvalue weighted by Crippen LogP contribution is 2.36. The molecule has 2 aliphatic rings. The summed E-state index contributed by atoms with van der Waals surface area (Å²) in [5.41, 5.74) is 7.60. The number of rotatable bonds is 8. The van der Waals surface area contributed by atoms with Crippen LogP contribution >= 0.6 is 0 Å². The van der Waals surface area contributed by atoms with Crippen LogP contribution in [0.5, 0.6) is 0 Å². The van der Waals surface area contributed by atoms with Crippen molar-refractivity contribution >= 4 is 23.1 Å². The molecule has 6 rings (SSSR count). The smallest absolute Gasteiger partial charge is 0.254 e. The highest BCUT2D eigenvalue weighted by molar-refractivity contribution is 6.06. The van der Waals surface area contributed by atoms with Crippen LogP contribution in [-0.2, 0) is 17.8 Å². The Morgan fingerprint density at radius 2 is 2.13 bits per heavy atom. The number of nitrogens with one attached hydrogen (secondary N) is 3. The molecule has 1 saturated heterocycles. The van der Waals surface area contributed by atoms with Gasteiger partial charge in [0.2, 0.25) is 0 Å². The van der Waals surface area contributed by atoms with Crippen LogP contribution in [0.1, 0.15) is 45.1 Å². The van der Waals surface area contributed by atoms with Gasteiger partial charge in [-0.15, -0.1) is 0 Å². The summed E-state index contributed by atoms with van der Waals surface area (Å²) < 4.78 is 33.1. The van der Waals surface area contributed by atoms with E-state index < -0.39 is 13.0 Å². The Bertz CT molecular complexity index is 1510. The minimum absolute atomic E-state index is 0.160. The van der Waals surface area contributed by atoms with E-state index in [1.807, 2.05) is 60.1 Å². The van der Waals surface area contributed by atoms with Crippen LogP contribution in [-0.4, -0.2) is 46.5 Å². The van der Waals surface area contributed by atoms with Gasteiger partial charge in [0, 0.05) is 37.4 Å². The summed E-state index contributed by atoms with van der Waals surface area (Å²) in [5.74, 6) is 0.567. The maximum Gasteiger partial charge on any atom is 0.254 e. The third-order valence-electron chi connectivity index (χ3n) is 7.14. The van der Waals surface area contributed by atoms with Crippen LogP contribution in [0.4, 0.5) is 20.3 Å². The number of fused-ring (bicyclic) bond motifs is 2. The fraction of sp³-hybridized carbons (Fsp3) is 0.321. The number of imidazole rings is 1. The second-order valence-corrected chi connectivity index (χ2v) is 9.71. The van der Waals surface area contributed by atoms with Gasteiger partial charge in [-0.05, 0) is 54.3 Å². The van der Waals surface area contributed by atoms with E-state index in [4.69, 9.17) is 9.72 Å². The molecule has 38 heavy (non-hydrogen) atoms. The van der Waals surface area contributed by atoms with Crippen molar-refractivity contribution in [3.8, 4) is 11.3 Å². The Morgan fingerprint density at radius 1 is 1.24 bits per heavy atom. The number of aryl methyl sites for hydroxylation is 1. The molecule has 4 aromatic rings. The van der Waals surface area contributed by atoms with Crippen molar-refractivity contribution in [3.05, 3.63) is 76.7 Å². The molecule has 196 valence electrons. The zero-order valence-corrected chi connectivity index (χ0v) is 20.9. The van der Waals surface area contributed by atoms with E-state index in [-0.39, 0.29) is 18.4 Å². The quantitative estimate of drug-likeness (QED) is 0.317. The average molecular weight is 519 g/mol. The summed E-state index contributed by atoms with van der Waals surface area (Å²) in [5, 5.41) is 9.04. The van der Waals surface area contributed by atoms with Crippen molar-refractivity contribution in [2.24, 2.45) is 0 Å². The third-order valence-corrected chi connectivity index (χ3v) is 7.14. The molecule has 0 saturated carbocycles. The van der Waals surface area contributed by atoms with Crippen molar-refractivity contribution in [2.45, 2.75) is 38.8 Å². The van der Waals surface area contributed by atoms with Crippen molar-refractivity contribution in [1.82, 2.24) is 25.0 Å². The predicted molar refractivity (Wildman–Crippen MR) is 140 cm³/mol. The van der Waals surface area contributed by atoms with Crippen molar-refractivity contribution in [3.63, 3.8) is 0 Å². The first-order valence-corrected chi connectivity index (χ1v) is 12.7. The number of hydrogen-bond donors (Lipinski definition) is 3. The van der Waals surface area contributed by atoms with E-state index in [2.05, 4.69) is 20.9 Å². The molecule has 1 unspecified atom stereocenters. The Hall–Kier alpha value is -3.89. The summed E-state index contributed by atoms with van der Waals surface area (Å²) in [7, 11) is 0. The van der Waals surface area contributed by atoms with Gasteiger partial charge in [-0.2, -0.15) is 0 Å². The number of pyridine rings is 2. The molecule has 1 amide bonds. The molecule has 0 bridgehead atoms. The molecule has 8 nitrogen and oxygen atoms in total. The van der Waals surface area contributed by atoms with Crippen molar-refractivity contribution in [2.75, 3.05) is 25.1 Å². The highest BCUT2D eigenvalue weighted by atomic mass is 19.3. The Labute approximate surface area is 218 Å². The predicted octanol–water partition coefficient (Wildman–Crippen LogP) is 4.55. The molecule has 1 aromatic carbocycles. The second kappa shape index (κ2) is 10.1. The number of ether oxygens (including phenoxy) is 1.